The summed E-state index contributed by atoms with van der Waals surface area (Å²) in [4.78, 5) is 33.6. The normalized spacial score (nSPS) is 10.5. The molecule has 0 aliphatic rings. The molecule has 2 rings (SSSR count). The second-order valence-corrected chi connectivity index (χ2v) is 5.15. The molecule has 0 unspecified atom stereocenters. The van der Waals surface area contributed by atoms with Gasteiger partial charge in [0.1, 0.15) is 17.1 Å². The summed E-state index contributed by atoms with van der Waals surface area (Å²) >= 11 is 0. The van der Waals surface area contributed by atoms with Gasteiger partial charge in [0, 0.05) is 18.2 Å². The van der Waals surface area contributed by atoms with Crippen LogP contribution in [0.4, 0.5) is 0 Å². The van der Waals surface area contributed by atoms with E-state index in [0.29, 0.717) is 11.8 Å². The number of hydrogen-bond acceptors (Lipinski definition) is 6. The first kappa shape index (κ1) is 17.3. The first-order chi connectivity index (χ1) is 11.4. The molecule has 1 aromatic heterocycles. The highest BCUT2D eigenvalue weighted by Crippen LogP contribution is 2.33. The molecule has 0 radical (unpaired) electrons. The third kappa shape index (κ3) is 4.25. The Labute approximate surface area is 137 Å². The van der Waals surface area contributed by atoms with Crippen molar-refractivity contribution in [3.63, 3.8) is 0 Å². The number of ether oxygens (including phenoxy) is 2. The Bertz CT molecular complexity index is 827. The van der Waals surface area contributed by atoms with Gasteiger partial charge in [-0.3, -0.25) is 9.59 Å². The number of benzene rings is 1. The summed E-state index contributed by atoms with van der Waals surface area (Å²) in [6.07, 6.45) is 1.42. The van der Waals surface area contributed by atoms with Crippen LogP contribution in [0.2, 0.25) is 0 Å². The number of nitrogens with two attached hydrogens (primary N) is 2. The number of hydrogen-bond donors (Lipinski definition) is 2. The average molecular weight is 334 g/mol. The highest BCUT2D eigenvalue weighted by molar-refractivity contribution is 5.89. The second kappa shape index (κ2) is 7.49. The zero-order chi connectivity index (χ0) is 17.7. The van der Waals surface area contributed by atoms with Gasteiger partial charge in [-0.25, -0.2) is 4.79 Å². The monoisotopic (exact) mass is 334 g/mol. The first-order valence-corrected chi connectivity index (χ1v) is 7.33. The molecule has 1 heterocycles. The molecule has 0 aliphatic carbocycles. The van der Waals surface area contributed by atoms with Crippen molar-refractivity contribution < 1.29 is 23.5 Å². The fraction of sp³-hybridized carbons (Fsp3) is 0.312. The van der Waals surface area contributed by atoms with Gasteiger partial charge in [0.15, 0.2) is 13.2 Å². The predicted octanol–water partition coefficient (Wildman–Crippen LogP) is 0.474. The molecule has 0 atom stereocenters. The molecular weight excluding hydrogens is 316 g/mol. The number of carbonyl (C=O) groups is 2. The standard InChI is InChI=1S/C16H18N2O6/c1-2-3-9-4-15(21)24-12-6-10(22-7-13(17)19)5-11(16(9)12)23-8-14(18)20/h4-6H,2-3,7-8H2,1H3,(H2,17,19)(H2,18,20). The summed E-state index contributed by atoms with van der Waals surface area (Å²) < 4.78 is 15.8. The SMILES string of the molecule is CCCc1cc(=O)oc2cc(OCC(N)=O)cc(OCC(N)=O)c12. The molecule has 0 spiro atoms. The number of rotatable bonds is 8. The summed E-state index contributed by atoms with van der Waals surface area (Å²) in [6, 6.07) is 4.34. The van der Waals surface area contributed by atoms with Crippen LogP contribution in [0, 0.1) is 0 Å². The number of carbonyl (C=O) groups excluding carboxylic acids is 2. The van der Waals surface area contributed by atoms with E-state index in [1.54, 1.807) is 0 Å². The van der Waals surface area contributed by atoms with Crippen molar-refractivity contribution in [2.45, 2.75) is 19.8 Å². The van der Waals surface area contributed by atoms with Gasteiger partial charge in [0.25, 0.3) is 11.8 Å². The van der Waals surface area contributed by atoms with E-state index in [0.717, 1.165) is 12.0 Å². The van der Waals surface area contributed by atoms with Crippen LogP contribution in [-0.4, -0.2) is 25.0 Å². The summed E-state index contributed by atoms with van der Waals surface area (Å²) in [5, 5.41) is 0.559. The van der Waals surface area contributed by atoms with E-state index < -0.39 is 17.4 Å². The maximum Gasteiger partial charge on any atom is 0.336 e. The van der Waals surface area contributed by atoms with Crippen molar-refractivity contribution in [1.82, 2.24) is 0 Å². The van der Waals surface area contributed by atoms with Crippen molar-refractivity contribution in [3.8, 4) is 11.5 Å². The van der Waals surface area contributed by atoms with Crippen LogP contribution >= 0.6 is 0 Å². The third-order valence-corrected chi connectivity index (χ3v) is 3.13. The Hall–Kier alpha value is -3.03. The fourth-order valence-corrected chi connectivity index (χ4v) is 2.28. The zero-order valence-corrected chi connectivity index (χ0v) is 13.2. The molecule has 0 saturated carbocycles. The Morgan fingerprint density at radius 2 is 1.75 bits per heavy atom. The van der Waals surface area contributed by atoms with Crippen LogP contribution < -0.4 is 26.6 Å². The van der Waals surface area contributed by atoms with E-state index in [-0.39, 0.29) is 30.3 Å². The van der Waals surface area contributed by atoms with E-state index in [2.05, 4.69) is 0 Å². The second-order valence-electron chi connectivity index (χ2n) is 5.15. The molecule has 0 fully saturated rings. The van der Waals surface area contributed by atoms with Crippen LogP contribution in [0.3, 0.4) is 0 Å². The van der Waals surface area contributed by atoms with Crippen molar-refractivity contribution >= 4 is 22.8 Å². The molecule has 8 nitrogen and oxygen atoms in total. The largest absolute Gasteiger partial charge is 0.484 e. The summed E-state index contributed by atoms with van der Waals surface area (Å²) in [5.41, 5.74) is 10.6. The van der Waals surface area contributed by atoms with Gasteiger partial charge in [0.2, 0.25) is 0 Å². The quantitative estimate of drug-likeness (QED) is 0.674. The van der Waals surface area contributed by atoms with E-state index in [1.165, 1.54) is 18.2 Å². The van der Waals surface area contributed by atoms with Crippen molar-refractivity contribution in [2.75, 3.05) is 13.2 Å². The minimum Gasteiger partial charge on any atom is -0.484 e. The molecule has 128 valence electrons. The molecule has 2 amide bonds. The van der Waals surface area contributed by atoms with Crippen molar-refractivity contribution in [3.05, 3.63) is 34.2 Å². The molecule has 8 heteroatoms. The van der Waals surface area contributed by atoms with Gasteiger partial charge < -0.3 is 25.4 Å². The maximum atomic E-state index is 11.7. The van der Waals surface area contributed by atoms with E-state index in [1.807, 2.05) is 6.92 Å². The number of fused-ring (bicyclic) bond motifs is 1. The molecule has 24 heavy (non-hydrogen) atoms. The molecule has 1 aromatic carbocycles. The van der Waals surface area contributed by atoms with Gasteiger partial charge in [0.05, 0.1) is 5.39 Å². The Morgan fingerprint density at radius 3 is 2.38 bits per heavy atom. The minimum absolute atomic E-state index is 0.220. The van der Waals surface area contributed by atoms with Gasteiger partial charge >= 0.3 is 5.63 Å². The number of amides is 2. The maximum absolute atomic E-state index is 11.7. The third-order valence-electron chi connectivity index (χ3n) is 3.13. The highest BCUT2D eigenvalue weighted by Gasteiger charge is 2.15. The lowest BCUT2D eigenvalue weighted by Crippen LogP contribution is -2.21. The zero-order valence-electron chi connectivity index (χ0n) is 13.2. The minimum atomic E-state index is -0.657. The fourth-order valence-electron chi connectivity index (χ4n) is 2.28. The van der Waals surface area contributed by atoms with Crippen LogP contribution in [-0.2, 0) is 16.0 Å². The predicted molar refractivity (Wildman–Crippen MR) is 85.9 cm³/mol. The van der Waals surface area contributed by atoms with Gasteiger partial charge in [-0.05, 0) is 12.0 Å². The van der Waals surface area contributed by atoms with Crippen LogP contribution in [0.1, 0.15) is 18.9 Å². The van der Waals surface area contributed by atoms with Gasteiger partial charge in [-0.1, -0.05) is 13.3 Å². The van der Waals surface area contributed by atoms with Crippen LogP contribution in [0.15, 0.2) is 27.4 Å². The van der Waals surface area contributed by atoms with Crippen LogP contribution in [0.25, 0.3) is 11.0 Å². The Morgan fingerprint density at radius 1 is 1.08 bits per heavy atom. The lowest BCUT2D eigenvalue weighted by atomic mass is 10.0. The van der Waals surface area contributed by atoms with E-state index in [4.69, 9.17) is 25.4 Å². The highest BCUT2D eigenvalue weighted by atomic mass is 16.5. The average Bonchev–Trinajstić information content (AvgIpc) is 2.50. The smallest absolute Gasteiger partial charge is 0.336 e. The van der Waals surface area contributed by atoms with Crippen LogP contribution in [0.5, 0.6) is 11.5 Å². The lowest BCUT2D eigenvalue weighted by Gasteiger charge is -2.13. The Kier molecular flexibility index (Phi) is 5.41. The summed E-state index contributed by atoms with van der Waals surface area (Å²) in [6.45, 7) is 1.27. The molecular formula is C16H18N2O6. The van der Waals surface area contributed by atoms with Gasteiger partial charge in [-0.2, -0.15) is 0 Å². The van der Waals surface area contributed by atoms with E-state index >= 15 is 0 Å². The molecule has 0 bridgehead atoms. The molecule has 0 saturated heterocycles. The summed E-state index contributed by atoms with van der Waals surface area (Å²) in [7, 11) is 0. The number of primary amides is 2. The molecule has 0 aliphatic heterocycles. The molecule has 4 N–H and O–H groups in total. The van der Waals surface area contributed by atoms with Crippen molar-refractivity contribution in [2.24, 2.45) is 11.5 Å². The van der Waals surface area contributed by atoms with Crippen molar-refractivity contribution in [1.29, 1.82) is 0 Å². The lowest BCUT2D eigenvalue weighted by molar-refractivity contribution is -0.120. The van der Waals surface area contributed by atoms with E-state index in [9.17, 15) is 14.4 Å². The van der Waals surface area contributed by atoms with Gasteiger partial charge in [-0.15, -0.1) is 0 Å². The number of aryl methyl sites for hydroxylation is 1. The molecule has 2 aromatic rings. The Balaban J connectivity index is 2.58. The topological polar surface area (TPSA) is 135 Å². The first-order valence-electron chi connectivity index (χ1n) is 7.33. The summed E-state index contributed by atoms with van der Waals surface area (Å²) in [5.74, 6) is -0.813.